The van der Waals surface area contributed by atoms with Gasteiger partial charge in [0.2, 0.25) is 0 Å². The molecule has 18 heavy (non-hydrogen) atoms. The molecule has 96 valence electrons. The van der Waals surface area contributed by atoms with Crippen LogP contribution < -0.4 is 0 Å². The van der Waals surface area contributed by atoms with E-state index in [2.05, 4.69) is 9.97 Å². The molecular weight excluding hydrogens is 259 g/mol. The fraction of sp³-hybridized carbons (Fsp3) is 0.333. The number of imidazole rings is 1. The number of aromatic amines is 1. The van der Waals surface area contributed by atoms with Gasteiger partial charge in [-0.2, -0.15) is 0 Å². The van der Waals surface area contributed by atoms with Crippen LogP contribution in [0.25, 0.3) is 11.0 Å². The number of nitrogens with one attached hydrogen (secondary N) is 1. The number of nitrogens with zero attached hydrogens (tertiary/aromatic N) is 1. The Hall–Kier alpha value is -1.62. The number of carboxylic acid groups (broad SMARTS) is 1. The van der Waals surface area contributed by atoms with Crippen LogP contribution in [0.5, 0.6) is 0 Å². The van der Waals surface area contributed by atoms with Crippen LogP contribution in [0.3, 0.4) is 0 Å². The molecule has 1 aromatic carbocycles. The zero-order valence-electron chi connectivity index (χ0n) is 9.54. The Morgan fingerprint density at radius 2 is 2.22 bits per heavy atom. The average molecular weight is 271 g/mol. The van der Waals surface area contributed by atoms with Crippen molar-refractivity contribution in [2.24, 2.45) is 0 Å². The molecule has 6 heteroatoms. The maximum Gasteiger partial charge on any atom is 0.303 e. The fourth-order valence-electron chi connectivity index (χ4n) is 1.76. The molecule has 0 unspecified atom stereocenters. The zero-order valence-corrected chi connectivity index (χ0v) is 10.3. The Morgan fingerprint density at radius 1 is 1.44 bits per heavy atom. The van der Waals surface area contributed by atoms with E-state index in [-0.39, 0.29) is 17.0 Å². The lowest BCUT2D eigenvalue weighted by atomic mass is 10.2. The van der Waals surface area contributed by atoms with Crippen LogP contribution in [0.1, 0.15) is 25.1 Å². The fourth-order valence-corrected chi connectivity index (χ4v) is 1.91. The summed E-state index contributed by atoms with van der Waals surface area (Å²) in [5.41, 5.74) is 0.834. The van der Waals surface area contributed by atoms with E-state index in [1.54, 1.807) is 6.07 Å². The van der Waals surface area contributed by atoms with Crippen molar-refractivity contribution in [3.63, 3.8) is 0 Å². The van der Waals surface area contributed by atoms with Crippen molar-refractivity contribution in [3.8, 4) is 0 Å². The first kappa shape index (κ1) is 12.8. The summed E-state index contributed by atoms with van der Waals surface area (Å²) in [6.45, 7) is 0. The van der Waals surface area contributed by atoms with E-state index >= 15 is 0 Å². The van der Waals surface area contributed by atoms with Crippen molar-refractivity contribution in [2.75, 3.05) is 0 Å². The molecule has 0 amide bonds. The molecule has 0 bridgehead atoms. The van der Waals surface area contributed by atoms with Crippen LogP contribution in [0.15, 0.2) is 12.1 Å². The Morgan fingerprint density at radius 3 is 2.94 bits per heavy atom. The molecule has 0 spiro atoms. The molecule has 0 aliphatic rings. The lowest BCUT2D eigenvalue weighted by Gasteiger charge is -1.95. The molecule has 0 aliphatic carbocycles. The number of hydrogen-bond acceptors (Lipinski definition) is 2. The number of fused-ring (bicyclic) bond motifs is 1. The second kappa shape index (κ2) is 5.35. The van der Waals surface area contributed by atoms with Gasteiger partial charge in [0, 0.05) is 12.8 Å². The molecule has 0 aliphatic heterocycles. The summed E-state index contributed by atoms with van der Waals surface area (Å²) in [7, 11) is 0. The Labute approximate surface area is 108 Å². The summed E-state index contributed by atoms with van der Waals surface area (Å²) in [6.07, 6.45) is 2.01. The number of aryl methyl sites for hydroxylation is 1. The van der Waals surface area contributed by atoms with Crippen molar-refractivity contribution < 1.29 is 14.3 Å². The topological polar surface area (TPSA) is 66.0 Å². The second-order valence-electron chi connectivity index (χ2n) is 4.04. The molecule has 0 fully saturated rings. The van der Waals surface area contributed by atoms with Crippen molar-refractivity contribution in [1.82, 2.24) is 9.97 Å². The van der Waals surface area contributed by atoms with Crippen LogP contribution in [0.2, 0.25) is 5.02 Å². The van der Waals surface area contributed by atoms with Crippen LogP contribution >= 0.6 is 11.6 Å². The van der Waals surface area contributed by atoms with E-state index in [0.717, 1.165) is 0 Å². The highest BCUT2D eigenvalue weighted by Gasteiger charge is 2.10. The molecule has 2 rings (SSSR count). The summed E-state index contributed by atoms with van der Waals surface area (Å²) < 4.78 is 13.6. The van der Waals surface area contributed by atoms with Crippen LogP contribution in [0, 0.1) is 5.82 Å². The third-order valence-corrected chi connectivity index (χ3v) is 2.94. The molecular formula is C12H12ClFN2O2. The van der Waals surface area contributed by atoms with Gasteiger partial charge in [-0.3, -0.25) is 4.79 Å². The van der Waals surface area contributed by atoms with Crippen molar-refractivity contribution in [1.29, 1.82) is 0 Å². The van der Waals surface area contributed by atoms with Crippen molar-refractivity contribution >= 4 is 28.6 Å². The maximum absolute atomic E-state index is 13.6. The van der Waals surface area contributed by atoms with Gasteiger partial charge in [-0.1, -0.05) is 11.6 Å². The number of H-pyrrole nitrogens is 1. The van der Waals surface area contributed by atoms with Gasteiger partial charge in [0.1, 0.15) is 11.3 Å². The third-order valence-electron chi connectivity index (χ3n) is 2.65. The van der Waals surface area contributed by atoms with Gasteiger partial charge in [-0.05, 0) is 25.0 Å². The van der Waals surface area contributed by atoms with Gasteiger partial charge in [0.25, 0.3) is 0 Å². The Kier molecular flexibility index (Phi) is 3.81. The summed E-state index contributed by atoms with van der Waals surface area (Å²) >= 11 is 5.66. The van der Waals surface area contributed by atoms with E-state index in [1.165, 1.54) is 6.07 Å². The molecule has 0 atom stereocenters. The van der Waals surface area contributed by atoms with Gasteiger partial charge in [0.05, 0.1) is 10.5 Å². The number of benzene rings is 1. The highest BCUT2D eigenvalue weighted by atomic mass is 35.5. The monoisotopic (exact) mass is 270 g/mol. The molecule has 0 saturated heterocycles. The molecule has 4 nitrogen and oxygen atoms in total. The number of carboxylic acids is 1. The number of hydrogen-bond donors (Lipinski definition) is 2. The lowest BCUT2D eigenvalue weighted by molar-refractivity contribution is -0.137. The summed E-state index contributed by atoms with van der Waals surface area (Å²) in [5.74, 6) is -0.684. The number of aromatic nitrogens is 2. The first-order valence-corrected chi connectivity index (χ1v) is 6.00. The SMILES string of the molecule is O=C(O)CCCCc1nc2c(F)c(Cl)ccc2[nH]1. The first-order valence-electron chi connectivity index (χ1n) is 5.62. The second-order valence-corrected chi connectivity index (χ2v) is 4.45. The van der Waals surface area contributed by atoms with E-state index in [1.807, 2.05) is 0 Å². The van der Waals surface area contributed by atoms with E-state index in [0.29, 0.717) is 30.6 Å². The highest BCUT2D eigenvalue weighted by molar-refractivity contribution is 6.31. The normalized spacial score (nSPS) is 11.0. The molecule has 0 saturated carbocycles. The van der Waals surface area contributed by atoms with Gasteiger partial charge in [0.15, 0.2) is 5.82 Å². The van der Waals surface area contributed by atoms with Gasteiger partial charge >= 0.3 is 5.97 Å². The summed E-state index contributed by atoms with van der Waals surface area (Å²) in [6, 6.07) is 3.15. The van der Waals surface area contributed by atoms with Crippen molar-refractivity contribution in [2.45, 2.75) is 25.7 Å². The summed E-state index contributed by atoms with van der Waals surface area (Å²) in [4.78, 5) is 17.5. The zero-order chi connectivity index (χ0) is 13.1. The van der Waals surface area contributed by atoms with Crippen molar-refractivity contribution in [3.05, 3.63) is 28.8 Å². The average Bonchev–Trinajstić information content (AvgIpc) is 2.73. The number of aliphatic carboxylic acids is 1. The highest BCUT2D eigenvalue weighted by Crippen LogP contribution is 2.23. The standard InChI is InChI=1S/C12H12ClFN2O2/c13-7-5-6-8-12(11(7)14)16-9(15-8)3-1-2-4-10(17)18/h5-6H,1-4H2,(H,15,16)(H,17,18). The van der Waals surface area contributed by atoms with Crippen LogP contribution in [-0.2, 0) is 11.2 Å². The Balaban J connectivity index is 2.06. The van der Waals surface area contributed by atoms with Crippen LogP contribution in [-0.4, -0.2) is 21.0 Å². The largest absolute Gasteiger partial charge is 0.481 e. The molecule has 2 aromatic rings. The van der Waals surface area contributed by atoms with Gasteiger partial charge in [-0.15, -0.1) is 0 Å². The number of halogens is 2. The number of carbonyl (C=O) groups is 1. The summed E-state index contributed by atoms with van der Waals surface area (Å²) in [5, 5.41) is 8.55. The number of unbranched alkanes of at least 4 members (excludes halogenated alkanes) is 1. The van der Waals surface area contributed by atoms with E-state index in [4.69, 9.17) is 16.7 Å². The minimum absolute atomic E-state index is 0.0476. The molecule has 2 N–H and O–H groups in total. The van der Waals surface area contributed by atoms with Gasteiger partial charge in [-0.25, -0.2) is 9.37 Å². The Bertz CT molecular complexity index is 583. The minimum Gasteiger partial charge on any atom is -0.481 e. The smallest absolute Gasteiger partial charge is 0.303 e. The van der Waals surface area contributed by atoms with Gasteiger partial charge < -0.3 is 10.1 Å². The molecule has 0 radical (unpaired) electrons. The molecule has 1 heterocycles. The quantitative estimate of drug-likeness (QED) is 0.820. The number of rotatable bonds is 5. The van der Waals surface area contributed by atoms with E-state index in [9.17, 15) is 9.18 Å². The molecule has 1 aromatic heterocycles. The predicted octanol–water partition coefficient (Wildman–Crippen LogP) is 3.15. The lowest BCUT2D eigenvalue weighted by Crippen LogP contribution is -1.95. The van der Waals surface area contributed by atoms with E-state index < -0.39 is 11.8 Å². The third kappa shape index (κ3) is 2.79. The first-order chi connectivity index (χ1) is 8.58. The van der Waals surface area contributed by atoms with Crippen LogP contribution in [0.4, 0.5) is 4.39 Å². The minimum atomic E-state index is -0.808. The maximum atomic E-state index is 13.6. The predicted molar refractivity (Wildman–Crippen MR) is 66.3 cm³/mol.